The lowest BCUT2D eigenvalue weighted by Gasteiger charge is -2.34. The van der Waals surface area contributed by atoms with Gasteiger partial charge in [0, 0.05) is 25.0 Å². The average molecular weight is 305 g/mol. The van der Waals surface area contributed by atoms with E-state index in [1.165, 1.54) is 0 Å². The van der Waals surface area contributed by atoms with Crippen LogP contribution in [0, 0.1) is 11.3 Å². The molecule has 1 atom stereocenters. The summed E-state index contributed by atoms with van der Waals surface area (Å²) >= 11 is 0. The minimum Gasteiger partial charge on any atom is -0.342 e. The van der Waals surface area contributed by atoms with Crippen LogP contribution in [0.15, 0.2) is 6.20 Å². The van der Waals surface area contributed by atoms with Crippen molar-refractivity contribution in [1.82, 2.24) is 19.9 Å². The lowest BCUT2D eigenvalue weighted by molar-refractivity contribution is -0.138. The van der Waals surface area contributed by atoms with Crippen molar-refractivity contribution in [3.63, 3.8) is 0 Å². The van der Waals surface area contributed by atoms with Gasteiger partial charge in [0.05, 0.1) is 11.7 Å². The molecule has 2 aliphatic rings. The summed E-state index contributed by atoms with van der Waals surface area (Å²) in [6.07, 6.45) is 6.25. The third-order valence-electron chi connectivity index (χ3n) is 4.97. The number of likely N-dealkylation sites (tertiary alicyclic amines) is 1. The summed E-state index contributed by atoms with van der Waals surface area (Å²) in [6.45, 7) is 8.51. The maximum absolute atomic E-state index is 12.5. The van der Waals surface area contributed by atoms with Gasteiger partial charge in [-0.1, -0.05) is 12.1 Å². The number of carbonyl (C=O) groups is 1. The number of hydrogen-bond donors (Lipinski definition) is 1. The standard InChI is InChI=1S/C16H27N5O/c1-15(2,17)13-11-21(19-18-13)10-12-5-4-8-20(9-12)14(22)16(3)6-7-16/h11-12H,4-10,17H2,1-3H3. The first-order valence-electron chi connectivity index (χ1n) is 8.27. The zero-order chi connectivity index (χ0) is 16.0. The van der Waals surface area contributed by atoms with Crippen molar-refractivity contribution in [2.75, 3.05) is 13.1 Å². The molecule has 0 radical (unpaired) electrons. The minimum atomic E-state index is -0.465. The number of rotatable bonds is 4. The van der Waals surface area contributed by atoms with Gasteiger partial charge in [-0.05, 0) is 45.4 Å². The van der Waals surface area contributed by atoms with Gasteiger partial charge in [-0.2, -0.15) is 0 Å². The largest absolute Gasteiger partial charge is 0.342 e. The fraction of sp³-hybridized carbons (Fsp3) is 0.812. The van der Waals surface area contributed by atoms with E-state index in [0.717, 1.165) is 51.0 Å². The summed E-state index contributed by atoms with van der Waals surface area (Å²) in [5.74, 6) is 0.801. The Labute approximate surface area is 132 Å². The molecular formula is C16H27N5O. The van der Waals surface area contributed by atoms with Gasteiger partial charge >= 0.3 is 0 Å². The molecule has 0 aromatic carbocycles. The molecule has 1 unspecified atom stereocenters. The molecule has 1 amide bonds. The lowest BCUT2D eigenvalue weighted by atomic mass is 9.96. The normalized spacial score (nSPS) is 24.4. The Balaban J connectivity index is 1.61. The molecule has 0 spiro atoms. The highest BCUT2D eigenvalue weighted by molar-refractivity contribution is 5.85. The molecule has 1 aliphatic carbocycles. The highest BCUT2D eigenvalue weighted by Crippen LogP contribution is 2.47. The molecular weight excluding hydrogens is 278 g/mol. The zero-order valence-corrected chi connectivity index (χ0v) is 13.9. The van der Waals surface area contributed by atoms with Crippen molar-refractivity contribution < 1.29 is 4.79 Å². The van der Waals surface area contributed by atoms with Crippen LogP contribution < -0.4 is 5.73 Å². The number of nitrogens with zero attached hydrogens (tertiary/aromatic N) is 4. The Morgan fingerprint density at radius 2 is 2.23 bits per heavy atom. The van der Waals surface area contributed by atoms with Gasteiger partial charge in [0.2, 0.25) is 5.91 Å². The molecule has 0 bridgehead atoms. The van der Waals surface area contributed by atoms with Gasteiger partial charge in [-0.15, -0.1) is 5.10 Å². The summed E-state index contributed by atoms with van der Waals surface area (Å²) in [7, 11) is 0. The number of aromatic nitrogens is 3. The Morgan fingerprint density at radius 3 is 2.82 bits per heavy atom. The summed E-state index contributed by atoms with van der Waals surface area (Å²) < 4.78 is 1.88. The maximum atomic E-state index is 12.5. The van der Waals surface area contributed by atoms with E-state index in [-0.39, 0.29) is 5.41 Å². The quantitative estimate of drug-likeness (QED) is 0.914. The summed E-state index contributed by atoms with van der Waals surface area (Å²) in [5.41, 5.74) is 6.33. The van der Waals surface area contributed by atoms with Gasteiger partial charge in [0.25, 0.3) is 0 Å². The van der Waals surface area contributed by atoms with Gasteiger partial charge < -0.3 is 10.6 Å². The van der Waals surface area contributed by atoms with Gasteiger partial charge in [0.15, 0.2) is 0 Å². The van der Waals surface area contributed by atoms with Crippen molar-refractivity contribution in [2.24, 2.45) is 17.1 Å². The Hall–Kier alpha value is -1.43. The highest BCUT2D eigenvalue weighted by Gasteiger charge is 2.47. The van der Waals surface area contributed by atoms with Crippen molar-refractivity contribution in [2.45, 2.75) is 58.5 Å². The first kappa shape index (κ1) is 15.5. The van der Waals surface area contributed by atoms with E-state index in [4.69, 9.17) is 5.73 Å². The molecule has 2 heterocycles. The Morgan fingerprint density at radius 1 is 1.50 bits per heavy atom. The Bertz CT molecular complexity index is 555. The zero-order valence-electron chi connectivity index (χ0n) is 13.9. The SMILES string of the molecule is CC1(C(=O)N2CCCC(Cn3cc(C(C)(C)N)nn3)C2)CC1. The van der Waals surface area contributed by atoms with Gasteiger partial charge in [-0.3, -0.25) is 9.48 Å². The summed E-state index contributed by atoms with van der Waals surface area (Å²) in [5, 5.41) is 8.35. The van der Waals surface area contributed by atoms with E-state index in [1.54, 1.807) is 0 Å². The van der Waals surface area contributed by atoms with Crippen molar-refractivity contribution >= 4 is 5.91 Å². The predicted octanol–water partition coefficient (Wildman–Crippen LogP) is 1.51. The van der Waals surface area contributed by atoms with Crippen LogP contribution in [0.25, 0.3) is 0 Å². The van der Waals surface area contributed by atoms with Crippen LogP contribution in [-0.4, -0.2) is 38.9 Å². The van der Waals surface area contributed by atoms with Crippen LogP contribution in [0.2, 0.25) is 0 Å². The van der Waals surface area contributed by atoms with E-state index in [0.29, 0.717) is 11.8 Å². The molecule has 6 heteroatoms. The average Bonchev–Trinajstić information content (AvgIpc) is 3.02. The van der Waals surface area contributed by atoms with Crippen molar-refractivity contribution in [1.29, 1.82) is 0 Å². The smallest absolute Gasteiger partial charge is 0.228 e. The van der Waals surface area contributed by atoms with Crippen molar-refractivity contribution in [3.8, 4) is 0 Å². The van der Waals surface area contributed by atoms with E-state index in [2.05, 4.69) is 22.1 Å². The summed E-state index contributed by atoms with van der Waals surface area (Å²) in [6, 6.07) is 0. The number of nitrogens with two attached hydrogens (primary N) is 1. The van der Waals surface area contributed by atoms with Crippen LogP contribution in [-0.2, 0) is 16.9 Å². The second-order valence-corrected chi connectivity index (χ2v) is 7.87. The van der Waals surface area contributed by atoms with Crippen LogP contribution in [0.5, 0.6) is 0 Å². The lowest BCUT2D eigenvalue weighted by Crippen LogP contribution is -2.44. The highest BCUT2D eigenvalue weighted by atomic mass is 16.2. The van der Waals surface area contributed by atoms with Crippen LogP contribution >= 0.6 is 0 Å². The molecule has 1 saturated heterocycles. The molecule has 22 heavy (non-hydrogen) atoms. The van der Waals surface area contributed by atoms with E-state index < -0.39 is 5.54 Å². The van der Waals surface area contributed by atoms with Gasteiger partial charge in [-0.25, -0.2) is 0 Å². The molecule has 2 fully saturated rings. The van der Waals surface area contributed by atoms with Gasteiger partial charge in [0.1, 0.15) is 5.69 Å². The molecule has 1 aromatic rings. The first-order chi connectivity index (χ1) is 10.3. The third-order valence-corrected chi connectivity index (χ3v) is 4.97. The van der Waals surface area contributed by atoms with E-state index in [9.17, 15) is 4.79 Å². The number of piperidine rings is 1. The fourth-order valence-corrected chi connectivity index (χ4v) is 3.13. The Kier molecular flexibility index (Phi) is 3.75. The first-order valence-corrected chi connectivity index (χ1v) is 8.27. The molecule has 1 aliphatic heterocycles. The number of amides is 1. The molecule has 3 rings (SSSR count). The molecule has 2 N–H and O–H groups in total. The third kappa shape index (κ3) is 3.16. The van der Waals surface area contributed by atoms with Crippen LogP contribution in [0.3, 0.4) is 0 Å². The maximum Gasteiger partial charge on any atom is 0.228 e. The van der Waals surface area contributed by atoms with Crippen LogP contribution in [0.4, 0.5) is 0 Å². The monoisotopic (exact) mass is 305 g/mol. The second kappa shape index (κ2) is 5.33. The second-order valence-electron chi connectivity index (χ2n) is 7.87. The van der Waals surface area contributed by atoms with E-state index in [1.807, 2.05) is 24.7 Å². The van der Waals surface area contributed by atoms with Crippen molar-refractivity contribution in [3.05, 3.63) is 11.9 Å². The predicted molar refractivity (Wildman–Crippen MR) is 83.9 cm³/mol. The topological polar surface area (TPSA) is 77.0 Å². The minimum absolute atomic E-state index is 0.0636. The molecule has 1 saturated carbocycles. The molecule has 1 aromatic heterocycles. The summed E-state index contributed by atoms with van der Waals surface area (Å²) in [4.78, 5) is 14.6. The number of carbonyl (C=O) groups excluding carboxylic acids is 1. The fourth-order valence-electron chi connectivity index (χ4n) is 3.13. The molecule has 6 nitrogen and oxygen atoms in total. The van der Waals surface area contributed by atoms with E-state index >= 15 is 0 Å². The molecule has 122 valence electrons. The van der Waals surface area contributed by atoms with Crippen LogP contribution in [0.1, 0.15) is 52.1 Å². The number of hydrogen-bond acceptors (Lipinski definition) is 4.